The van der Waals surface area contributed by atoms with Crippen molar-refractivity contribution in [2.75, 3.05) is 78.1 Å². The third-order valence-corrected chi connectivity index (χ3v) is 23.8. The molecule has 128 heavy (non-hydrogen) atoms. The van der Waals surface area contributed by atoms with Gasteiger partial charge in [-0.25, -0.2) is 4.79 Å². The number of carbonyl (C=O) groups is 13. The Morgan fingerprint density at radius 3 is 1.27 bits per heavy atom. The summed E-state index contributed by atoms with van der Waals surface area (Å²) in [7, 11) is 2.65. The molecule has 1 heterocycles. The number of hydrogen-bond acceptors (Lipinski definition) is 23. The zero-order valence-electron chi connectivity index (χ0n) is 71.4. The molecule has 1 aliphatic carbocycles. The van der Waals surface area contributed by atoms with E-state index in [9.17, 15) is 24.0 Å². The number of unbranched alkanes of at least 4 members (excludes halogenated alkanes) is 1. The van der Waals surface area contributed by atoms with E-state index in [4.69, 9.17) is 75.8 Å². The number of rotatable bonds is 49. The number of nitrogens with one attached hydrogen (secondary N) is 19. The number of nitrogens with two attached hydrogens (primary N) is 6. The standard InChI is InChI=1S/C82H122N28O16S2/c83-67(113)55(22-9-10-38-99-110-93)109-81(123)126-49-82(32-15-33-82)128-127-48-64(68(84)114)100-66(112)31-40-124-42-43-125-41-39-94-65(111)30-29-60-73(119)106-61(45-50-16-3-1-4-17-50)75(121)107-62(46-51-18-5-2-6-19-51)76(122)108-63(47-52-27-28-53-20-7-8-21-54(53)44-52)74(120)104-59(26-14-37-98-80(91)92)71(117)102-57(24-12-35-96-78(87)88)69(115)101-56(23-11-34-95-77(85)86)70(116)103-58(72(118)105-60)25-13-36-97-79(89)90/h1-8,16-21,27-28,44,55-64H,9-15,22-26,29-43,45-49H2,(H2,83,113)(H2,84,114)(H,94,111)(H,100,112)(H,101,115)(H,102,117)(H,103,116)(H,104,120)(H,105,118)(H,106,119)(H,107,121)(H,108,122)(H,109,123)(H4,85,86,95)(H4,87,88,96)(H4,89,90,97)(H4,91,92,98)/t55-,56-,57+,58+,59-,60-,61-,62+,63-,64-/m0/s1. The second-order valence-electron chi connectivity index (χ2n) is 30.6. The molecule has 46 heteroatoms. The van der Waals surface area contributed by atoms with Crippen LogP contribution in [0.4, 0.5) is 4.79 Å². The number of carbonyl (C=O) groups excluding carboxylic acids is 13. The maximum Gasteiger partial charge on any atom is 0.407 e. The Bertz CT molecular complexity index is 4440. The van der Waals surface area contributed by atoms with Gasteiger partial charge >= 0.3 is 6.09 Å². The molecule has 44 nitrogen and oxygen atoms in total. The van der Waals surface area contributed by atoms with Gasteiger partial charge in [-0.2, -0.15) is 0 Å². The molecule has 1 saturated heterocycles. The van der Waals surface area contributed by atoms with E-state index >= 15 is 38.4 Å². The van der Waals surface area contributed by atoms with Crippen LogP contribution in [0.2, 0.25) is 0 Å². The summed E-state index contributed by atoms with van der Waals surface area (Å²) in [4.78, 5) is 189. The number of alkyl carbamates (subject to hydrolysis) is 1. The average Bonchev–Trinajstić information content (AvgIpc) is 0.832. The van der Waals surface area contributed by atoms with Gasteiger partial charge in [-0.1, -0.05) is 143 Å². The van der Waals surface area contributed by atoms with Crippen LogP contribution in [0.3, 0.4) is 0 Å². The van der Waals surface area contributed by atoms with E-state index < -0.39 is 173 Å². The minimum Gasteiger partial charge on any atom is -0.448 e. The van der Waals surface area contributed by atoms with Gasteiger partial charge in [-0.15, -0.1) is 0 Å². The fourth-order valence-electron chi connectivity index (χ4n) is 13.4. The number of ether oxygens (including phenoxy) is 3. The highest BCUT2D eigenvalue weighted by molar-refractivity contribution is 8.77. The van der Waals surface area contributed by atoms with E-state index in [-0.39, 0.29) is 167 Å². The maximum atomic E-state index is 15.4. The molecule has 0 aromatic heterocycles. The predicted molar refractivity (Wildman–Crippen MR) is 482 cm³/mol. The van der Waals surface area contributed by atoms with Gasteiger partial charge < -0.3 is 128 Å². The summed E-state index contributed by atoms with van der Waals surface area (Å²) in [6.07, 6.45) is 0.263. The number of fused-ring (bicyclic) bond motifs is 1. The zero-order chi connectivity index (χ0) is 93.2. The van der Waals surface area contributed by atoms with Crippen molar-refractivity contribution in [3.63, 3.8) is 0 Å². The van der Waals surface area contributed by atoms with Gasteiger partial charge in [0.25, 0.3) is 0 Å². The normalized spacial score (nSPS) is 19.2. The van der Waals surface area contributed by atoms with Crippen molar-refractivity contribution in [2.45, 2.75) is 194 Å². The summed E-state index contributed by atoms with van der Waals surface area (Å²) < 4.78 is 16.3. The molecule has 0 unspecified atom stereocenters. The van der Waals surface area contributed by atoms with Gasteiger partial charge in [0.1, 0.15) is 67.0 Å². The maximum absolute atomic E-state index is 15.4. The highest BCUT2D eigenvalue weighted by Gasteiger charge is 2.41. The zero-order valence-corrected chi connectivity index (χ0v) is 73.0. The fraction of sp³-hybridized carbons (Fsp3) is 0.524. The fourth-order valence-corrected chi connectivity index (χ4v) is 16.7. The molecule has 0 spiro atoms. The van der Waals surface area contributed by atoms with Crippen molar-refractivity contribution in [1.82, 2.24) is 79.8 Å². The number of nitrogens with zero attached hydrogens (tertiary/aromatic N) is 3. The lowest BCUT2D eigenvalue weighted by atomic mass is 9.85. The molecule has 6 rings (SSSR count). The first-order valence-corrected chi connectivity index (χ1v) is 44.6. The molecule has 0 radical (unpaired) electrons. The van der Waals surface area contributed by atoms with Gasteiger partial charge in [-0.3, -0.25) is 79.2 Å². The first kappa shape index (κ1) is 104. The van der Waals surface area contributed by atoms with Gasteiger partial charge in [0.2, 0.25) is 70.9 Å². The molecule has 2 aliphatic rings. The van der Waals surface area contributed by atoms with Crippen LogP contribution in [-0.2, 0) is 91.0 Å². The summed E-state index contributed by atoms with van der Waals surface area (Å²) in [5.74, 6) is -11.8. The van der Waals surface area contributed by atoms with Crippen LogP contribution >= 0.6 is 21.6 Å². The minimum atomic E-state index is -1.71. The van der Waals surface area contributed by atoms with Crippen molar-refractivity contribution in [1.29, 1.82) is 21.6 Å². The summed E-state index contributed by atoms with van der Waals surface area (Å²) in [6.45, 7) is 0.0174. The highest BCUT2D eigenvalue weighted by atomic mass is 33.1. The lowest BCUT2D eigenvalue weighted by Gasteiger charge is -2.40. The molecule has 1 aliphatic heterocycles. The number of amides is 13. The van der Waals surface area contributed by atoms with Crippen molar-refractivity contribution in [3.8, 4) is 0 Å². The summed E-state index contributed by atoms with van der Waals surface area (Å²) in [5, 5.41) is 76.8. The van der Waals surface area contributed by atoms with Gasteiger partial charge in [-0.05, 0) is 116 Å². The predicted octanol–water partition coefficient (Wildman–Crippen LogP) is -1.53. The SMILES string of the molecule is [N-]=[N+]=NCCCC[C@H](NC(=O)OCC1(SSC[C@H](NC(=O)CCOCCOCCNC(=O)CC[C@@H]2NC(=O)[C@@H](CCCNC(=N)N)NC(=O)[C@H](CCCNC(=N)N)NC(=O)[C@@H](CCCNC(=N)N)NC(=O)[C@H](CCCNC(=N)N)NC(=O)[C@H](Cc3ccc4ccccc4c3)NC(=O)[C@@H](Cc3ccccc3)NC(=O)[C@H](Cc3ccccc3)NC2=O)C(N)=O)CCC1)C(N)=O. The van der Waals surface area contributed by atoms with Crippen LogP contribution in [-0.4, -0.2) is 244 Å². The van der Waals surface area contributed by atoms with Crippen molar-refractivity contribution < 1.29 is 76.5 Å². The average molecular weight is 1820 g/mol. The number of benzene rings is 4. The second-order valence-corrected chi connectivity index (χ2v) is 33.4. The quantitative estimate of drug-likeness (QED) is 0.00453. The Kier molecular flexibility index (Phi) is 46.2. The minimum absolute atomic E-state index is 0.000476. The first-order chi connectivity index (χ1) is 61.4. The van der Waals surface area contributed by atoms with Gasteiger partial charge in [0.15, 0.2) is 23.8 Å². The van der Waals surface area contributed by atoms with E-state index in [1.165, 1.54) is 21.6 Å². The van der Waals surface area contributed by atoms with E-state index in [0.717, 1.165) is 17.2 Å². The van der Waals surface area contributed by atoms with E-state index in [1.807, 2.05) is 36.4 Å². The third-order valence-electron chi connectivity index (χ3n) is 20.5. The van der Waals surface area contributed by atoms with Crippen molar-refractivity contribution >= 4 is 133 Å². The van der Waals surface area contributed by atoms with Crippen LogP contribution in [0.5, 0.6) is 0 Å². The van der Waals surface area contributed by atoms with Crippen LogP contribution in [0.25, 0.3) is 21.2 Å². The van der Waals surface area contributed by atoms with Crippen molar-refractivity contribution in [2.24, 2.45) is 39.5 Å². The molecule has 698 valence electrons. The Morgan fingerprint density at radius 2 is 0.852 bits per heavy atom. The monoisotopic (exact) mass is 1820 g/mol. The lowest BCUT2D eigenvalue weighted by Crippen LogP contribution is -2.62. The molecule has 2 fully saturated rings. The second kappa shape index (κ2) is 56.9. The molecule has 4 aromatic rings. The van der Waals surface area contributed by atoms with Crippen LogP contribution < -0.4 is 114 Å². The first-order valence-electron chi connectivity index (χ1n) is 42.2. The van der Waals surface area contributed by atoms with Crippen LogP contribution in [0.1, 0.15) is 126 Å². The molecule has 0 bridgehead atoms. The van der Waals surface area contributed by atoms with Crippen LogP contribution in [0.15, 0.2) is 108 Å². The molecule has 31 N–H and O–H groups in total. The molecule has 13 amide bonds. The Labute approximate surface area is 748 Å². The number of azide groups is 1. The summed E-state index contributed by atoms with van der Waals surface area (Å²) in [6, 6.07) is 15.3. The van der Waals surface area contributed by atoms with E-state index in [0.29, 0.717) is 42.4 Å². The molecule has 4 aromatic carbocycles. The Balaban J connectivity index is 1.24. The summed E-state index contributed by atoms with van der Waals surface area (Å²) in [5.41, 5.74) is 43.8. The molecule has 1 saturated carbocycles. The smallest absolute Gasteiger partial charge is 0.407 e. The van der Waals surface area contributed by atoms with Gasteiger partial charge in [0.05, 0.1) is 31.2 Å². The van der Waals surface area contributed by atoms with Crippen molar-refractivity contribution in [3.05, 3.63) is 130 Å². The lowest BCUT2D eigenvalue weighted by molar-refractivity contribution is -0.137. The molecular weight excluding hydrogens is 1700 g/mol. The number of primary amides is 2. The topological polar surface area (TPSA) is 730 Å². The van der Waals surface area contributed by atoms with E-state index in [2.05, 4.69) is 89.8 Å². The highest BCUT2D eigenvalue weighted by Crippen LogP contribution is 2.50. The number of guanidine groups is 4. The largest absolute Gasteiger partial charge is 0.448 e. The number of hydrogen-bond donors (Lipinski definition) is 25. The van der Waals surface area contributed by atoms with E-state index in [1.54, 1.807) is 66.7 Å². The van der Waals surface area contributed by atoms with Gasteiger partial charge in [0, 0.05) is 82.0 Å². The third kappa shape index (κ3) is 40.1. The summed E-state index contributed by atoms with van der Waals surface area (Å²) >= 11 is 0. The van der Waals surface area contributed by atoms with Crippen LogP contribution in [0, 0.1) is 21.6 Å². The Morgan fingerprint density at radius 1 is 0.445 bits per heavy atom. The Hall–Kier alpha value is -12.9. The molecule has 10 atom stereocenters. The molecular formula is C82H122N28O16S2.